The number of hydrogen-bond donors (Lipinski definition) is 3. The van der Waals surface area contributed by atoms with Crippen molar-refractivity contribution in [1.82, 2.24) is 10.6 Å². The number of aliphatic hydroxyl groups excluding tert-OH is 1. The number of aliphatic hydroxyl groups is 1. The Bertz CT molecular complexity index is 1130. The first-order valence-corrected chi connectivity index (χ1v) is 12.5. The number of fused-ring (bicyclic) bond motifs is 3. The summed E-state index contributed by atoms with van der Waals surface area (Å²) in [5.41, 5.74) is -2.56. The number of carbonyl (C=O) groups excluding carboxylic acids is 2. The van der Waals surface area contributed by atoms with Crippen LogP contribution in [-0.2, 0) is 9.59 Å². The molecule has 0 saturated heterocycles. The number of halogens is 3. The maximum atomic E-state index is 13.6. The van der Waals surface area contributed by atoms with Gasteiger partial charge in [-0.2, -0.15) is 0 Å². The fraction of sp³-hybridized carbons (Fsp3) is 0.462. The minimum atomic E-state index is -1.18. The van der Waals surface area contributed by atoms with Gasteiger partial charge in [-0.3, -0.25) is 9.59 Å². The quantitative estimate of drug-likeness (QED) is 0.462. The minimum absolute atomic E-state index is 0.0282. The van der Waals surface area contributed by atoms with E-state index in [1.165, 1.54) is 12.1 Å². The highest BCUT2D eigenvalue weighted by Gasteiger charge is 2.56. The van der Waals surface area contributed by atoms with Crippen LogP contribution in [0.15, 0.2) is 42.5 Å². The van der Waals surface area contributed by atoms with Crippen molar-refractivity contribution in [3.8, 4) is 11.5 Å². The van der Waals surface area contributed by atoms with Gasteiger partial charge in [-0.15, -0.1) is 0 Å². The Morgan fingerprint density at radius 3 is 2.31 bits per heavy atom. The van der Waals surface area contributed by atoms with Crippen LogP contribution in [0.25, 0.3) is 0 Å². The molecule has 7 nitrogen and oxygen atoms in total. The number of nitrogens with one attached hydrogen (secondary N) is 2. The fourth-order valence-corrected chi connectivity index (χ4v) is 5.17. The molecule has 3 aliphatic carbocycles. The molecule has 10 heteroatoms. The lowest BCUT2D eigenvalue weighted by Crippen LogP contribution is -2.71. The highest BCUT2D eigenvalue weighted by atomic mass is 35.5. The van der Waals surface area contributed by atoms with Gasteiger partial charge in [-0.25, -0.2) is 4.39 Å². The van der Waals surface area contributed by atoms with E-state index in [1.54, 1.807) is 38.1 Å². The van der Waals surface area contributed by atoms with Crippen LogP contribution < -0.4 is 20.1 Å². The molecule has 2 bridgehead atoms. The van der Waals surface area contributed by atoms with E-state index in [0.29, 0.717) is 42.9 Å². The molecule has 194 valence electrons. The summed E-state index contributed by atoms with van der Waals surface area (Å²) in [7, 11) is 0. The standard InChI is InChI=1S/C26H29Cl2FN2O5/c1-24(2,36-17-5-3-16(27)4-6-17)23(34)31-26-11-9-25(10-12-26,14-21(26)32)30-22(33)15-35-18-7-8-19(28)20(29)13-18/h3-8,13,21,32H,9-12,14-15H2,1-2H3,(H,30,33)(H,31,34)/t21-,25?,26?/m0/s1. The molecule has 0 radical (unpaired) electrons. The van der Waals surface area contributed by atoms with Crippen molar-refractivity contribution in [1.29, 1.82) is 0 Å². The van der Waals surface area contributed by atoms with Crippen LogP contribution in [0, 0.1) is 5.82 Å². The van der Waals surface area contributed by atoms with E-state index in [0.717, 1.165) is 6.07 Å². The zero-order valence-corrected chi connectivity index (χ0v) is 21.6. The molecule has 0 aliphatic heterocycles. The normalized spacial score (nSPS) is 25.2. The van der Waals surface area contributed by atoms with E-state index in [-0.39, 0.29) is 29.2 Å². The van der Waals surface area contributed by atoms with Crippen molar-refractivity contribution in [3.63, 3.8) is 0 Å². The molecule has 3 saturated carbocycles. The van der Waals surface area contributed by atoms with Crippen molar-refractivity contribution >= 4 is 35.0 Å². The Balaban J connectivity index is 1.33. The Kier molecular flexibility index (Phi) is 7.42. The predicted octanol–water partition coefficient (Wildman–Crippen LogP) is 4.42. The van der Waals surface area contributed by atoms with Gasteiger partial charge in [-0.1, -0.05) is 23.2 Å². The van der Waals surface area contributed by atoms with Crippen LogP contribution in [0.2, 0.25) is 10.0 Å². The van der Waals surface area contributed by atoms with E-state index in [2.05, 4.69) is 10.6 Å². The van der Waals surface area contributed by atoms with Crippen molar-refractivity contribution in [2.75, 3.05) is 6.61 Å². The summed E-state index contributed by atoms with van der Waals surface area (Å²) in [5.74, 6) is -0.625. The Hall–Kier alpha value is -2.55. The van der Waals surface area contributed by atoms with E-state index in [9.17, 15) is 19.1 Å². The summed E-state index contributed by atoms with van der Waals surface area (Å²) >= 11 is 11.6. The lowest BCUT2D eigenvalue weighted by Gasteiger charge is -2.56. The highest BCUT2D eigenvalue weighted by molar-refractivity contribution is 6.31. The fourth-order valence-electron chi connectivity index (χ4n) is 4.93. The van der Waals surface area contributed by atoms with Crippen LogP contribution >= 0.6 is 23.2 Å². The molecule has 0 spiro atoms. The molecule has 3 aliphatic rings. The molecule has 3 fully saturated rings. The van der Waals surface area contributed by atoms with Crippen molar-refractivity contribution in [2.24, 2.45) is 0 Å². The molecule has 2 aromatic rings. The summed E-state index contributed by atoms with van der Waals surface area (Å²) in [6.45, 7) is 3.04. The number of amides is 2. The lowest BCUT2D eigenvalue weighted by atomic mass is 9.59. The number of benzene rings is 2. The Morgan fingerprint density at radius 2 is 1.69 bits per heavy atom. The highest BCUT2D eigenvalue weighted by Crippen LogP contribution is 2.47. The average Bonchev–Trinajstić information content (AvgIpc) is 2.82. The number of hydrogen-bond acceptors (Lipinski definition) is 5. The van der Waals surface area contributed by atoms with Crippen LogP contribution in [0.5, 0.6) is 11.5 Å². The first kappa shape index (κ1) is 26.5. The van der Waals surface area contributed by atoms with E-state index >= 15 is 0 Å². The topological polar surface area (TPSA) is 96.9 Å². The monoisotopic (exact) mass is 538 g/mol. The SMILES string of the molecule is CC(C)(Oc1ccc(Cl)cc1)C(=O)NC12CCC(NC(=O)COc3ccc(Cl)c(F)c3)(CC1)C[C@@H]2O. The third-order valence-electron chi connectivity index (χ3n) is 7.08. The number of carbonyl (C=O) groups is 2. The van der Waals surface area contributed by atoms with Crippen LogP contribution in [0.3, 0.4) is 0 Å². The van der Waals surface area contributed by atoms with Crippen molar-refractivity contribution in [3.05, 3.63) is 58.3 Å². The molecule has 2 amide bonds. The predicted molar refractivity (Wildman–Crippen MR) is 134 cm³/mol. The van der Waals surface area contributed by atoms with Crippen LogP contribution in [0.1, 0.15) is 46.0 Å². The van der Waals surface area contributed by atoms with Gasteiger partial charge in [0.1, 0.15) is 17.3 Å². The number of rotatable bonds is 8. The van der Waals surface area contributed by atoms with Crippen LogP contribution in [-0.4, -0.2) is 46.3 Å². The van der Waals surface area contributed by atoms with Gasteiger partial charge in [0.2, 0.25) is 0 Å². The van der Waals surface area contributed by atoms with E-state index in [4.69, 9.17) is 32.7 Å². The zero-order chi connectivity index (χ0) is 26.1. The second-order valence-corrected chi connectivity index (χ2v) is 10.9. The third-order valence-corrected chi connectivity index (χ3v) is 7.64. The maximum absolute atomic E-state index is 13.6. The molecule has 36 heavy (non-hydrogen) atoms. The van der Waals surface area contributed by atoms with Crippen molar-refractivity contribution in [2.45, 2.75) is 68.7 Å². The maximum Gasteiger partial charge on any atom is 0.264 e. The van der Waals surface area contributed by atoms with Gasteiger partial charge in [0, 0.05) is 16.6 Å². The summed E-state index contributed by atoms with van der Waals surface area (Å²) < 4.78 is 24.9. The summed E-state index contributed by atoms with van der Waals surface area (Å²) in [4.78, 5) is 25.7. The Morgan fingerprint density at radius 1 is 1.06 bits per heavy atom. The first-order chi connectivity index (χ1) is 16.9. The minimum Gasteiger partial charge on any atom is -0.484 e. The smallest absolute Gasteiger partial charge is 0.264 e. The molecular weight excluding hydrogens is 510 g/mol. The van der Waals surface area contributed by atoms with E-state index < -0.39 is 28.6 Å². The van der Waals surface area contributed by atoms with Gasteiger partial charge in [0.05, 0.1) is 16.7 Å². The Labute approximate surface area is 219 Å². The second kappa shape index (κ2) is 10.1. The van der Waals surface area contributed by atoms with Crippen LogP contribution in [0.4, 0.5) is 4.39 Å². The second-order valence-electron chi connectivity index (χ2n) is 10.1. The third kappa shape index (κ3) is 5.71. The van der Waals surface area contributed by atoms with Gasteiger partial charge >= 0.3 is 0 Å². The molecule has 2 aromatic carbocycles. The molecule has 0 aromatic heterocycles. The summed E-state index contributed by atoms with van der Waals surface area (Å²) in [6.07, 6.45) is 1.63. The molecule has 1 atom stereocenters. The van der Waals surface area contributed by atoms with Gasteiger partial charge in [0.15, 0.2) is 12.2 Å². The summed E-state index contributed by atoms with van der Waals surface area (Å²) in [6, 6.07) is 10.7. The first-order valence-electron chi connectivity index (χ1n) is 11.8. The molecule has 3 N–H and O–H groups in total. The van der Waals surface area contributed by atoms with E-state index in [1.807, 2.05) is 0 Å². The van der Waals surface area contributed by atoms with Gasteiger partial charge in [0.25, 0.3) is 11.8 Å². The van der Waals surface area contributed by atoms with Crippen molar-refractivity contribution < 1.29 is 28.6 Å². The van der Waals surface area contributed by atoms with Gasteiger partial charge < -0.3 is 25.2 Å². The zero-order valence-electron chi connectivity index (χ0n) is 20.1. The summed E-state index contributed by atoms with van der Waals surface area (Å²) in [5, 5.41) is 17.6. The molecule has 0 unspecified atom stereocenters. The molecule has 5 rings (SSSR count). The largest absolute Gasteiger partial charge is 0.484 e. The average molecular weight is 539 g/mol. The molecular formula is C26H29Cl2FN2O5. The number of ether oxygens (including phenoxy) is 2. The van der Waals surface area contributed by atoms with Gasteiger partial charge in [-0.05, 0) is 82.3 Å². The lowest BCUT2D eigenvalue weighted by molar-refractivity contribution is -0.145. The molecule has 0 heterocycles.